The normalized spacial score (nSPS) is 14.5. The third-order valence-electron chi connectivity index (χ3n) is 5.70. The molecule has 0 spiro atoms. The molecule has 6 nitrogen and oxygen atoms in total. The van der Waals surface area contributed by atoms with Crippen molar-refractivity contribution in [3.05, 3.63) is 53.6 Å². The molecule has 0 saturated heterocycles. The van der Waals surface area contributed by atoms with Crippen LogP contribution in [0.2, 0.25) is 0 Å². The number of hydrogen-bond acceptors (Lipinski definition) is 3. The number of aromatic nitrogens is 2. The summed E-state index contributed by atoms with van der Waals surface area (Å²) in [5.74, 6) is 0.195. The van der Waals surface area contributed by atoms with E-state index in [1.54, 1.807) is 12.1 Å². The quantitative estimate of drug-likeness (QED) is 0.611. The number of carbonyl (C=O) groups is 2. The molecule has 2 aromatic carbocycles. The highest BCUT2D eigenvalue weighted by molar-refractivity contribution is 5.95. The van der Waals surface area contributed by atoms with Crippen molar-refractivity contribution < 1.29 is 14.7 Å². The van der Waals surface area contributed by atoms with Crippen molar-refractivity contribution in [2.24, 2.45) is 5.92 Å². The fourth-order valence-electron chi connectivity index (χ4n) is 4.14. The lowest BCUT2D eigenvalue weighted by molar-refractivity contribution is 0.0696. The number of carboxylic acids is 1. The molecule has 0 aliphatic heterocycles. The average Bonchev–Trinajstić information content (AvgIpc) is 3.38. The maximum absolute atomic E-state index is 12.3. The molecule has 30 heavy (non-hydrogen) atoms. The average molecular weight is 405 g/mol. The van der Waals surface area contributed by atoms with Crippen molar-refractivity contribution >= 4 is 22.9 Å². The molecule has 0 unspecified atom stereocenters. The third kappa shape index (κ3) is 3.95. The van der Waals surface area contributed by atoms with Crippen LogP contribution >= 0.6 is 0 Å². The third-order valence-corrected chi connectivity index (χ3v) is 5.70. The first-order valence-corrected chi connectivity index (χ1v) is 10.6. The maximum Gasteiger partial charge on any atom is 0.335 e. The van der Waals surface area contributed by atoms with Crippen LogP contribution in [-0.2, 0) is 0 Å². The standard InChI is InChI=1S/C24H27N3O3/c1-15(2)14-25-23(28)17-9-7-16(8-10-17)22-26-20-13-18(24(29)30)11-12-21(20)27(22)19-5-3-4-6-19/h7-13,15,19H,3-6,14H2,1-2H3,(H,25,28)(H,29,30). The topological polar surface area (TPSA) is 84.2 Å². The van der Waals surface area contributed by atoms with Gasteiger partial charge in [0.2, 0.25) is 0 Å². The molecule has 1 heterocycles. The molecule has 6 heteroatoms. The van der Waals surface area contributed by atoms with E-state index < -0.39 is 5.97 Å². The van der Waals surface area contributed by atoms with E-state index in [2.05, 4.69) is 23.7 Å². The van der Waals surface area contributed by atoms with Gasteiger partial charge in [-0.2, -0.15) is 0 Å². The number of carboxylic acid groups (broad SMARTS) is 1. The van der Waals surface area contributed by atoms with E-state index in [9.17, 15) is 14.7 Å². The Labute approximate surface area is 175 Å². The molecule has 4 rings (SSSR count). The minimum atomic E-state index is -0.953. The Morgan fingerprint density at radius 2 is 1.77 bits per heavy atom. The lowest BCUT2D eigenvalue weighted by atomic mass is 10.1. The van der Waals surface area contributed by atoms with Crippen molar-refractivity contribution in [1.29, 1.82) is 0 Å². The van der Waals surface area contributed by atoms with Gasteiger partial charge in [-0.05, 0) is 49.1 Å². The second kappa shape index (κ2) is 8.30. The lowest BCUT2D eigenvalue weighted by Gasteiger charge is -2.17. The number of rotatable bonds is 6. The number of aromatic carboxylic acids is 1. The van der Waals surface area contributed by atoms with E-state index in [1.807, 2.05) is 30.3 Å². The van der Waals surface area contributed by atoms with Crippen LogP contribution in [0.3, 0.4) is 0 Å². The van der Waals surface area contributed by atoms with Gasteiger partial charge < -0.3 is 15.0 Å². The molecule has 1 amide bonds. The van der Waals surface area contributed by atoms with Crippen molar-refractivity contribution in [3.63, 3.8) is 0 Å². The van der Waals surface area contributed by atoms with Crippen LogP contribution in [0.25, 0.3) is 22.4 Å². The van der Waals surface area contributed by atoms with Gasteiger partial charge in [-0.3, -0.25) is 4.79 Å². The van der Waals surface area contributed by atoms with Crippen LogP contribution < -0.4 is 5.32 Å². The molecule has 0 atom stereocenters. The van der Waals surface area contributed by atoms with Crippen LogP contribution in [0, 0.1) is 5.92 Å². The Hall–Kier alpha value is -3.15. The molecule has 156 valence electrons. The first kappa shape index (κ1) is 20.1. The van der Waals surface area contributed by atoms with E-state index in [0.29, 0.717) is 29.6 Å². The minimum Gasteiger partial charge on any atom is -0.478 e. The molecule has 0 bridgehead atoms. The van der Waals surface area contributed by atoms with Gasteiger partial charge in [0, 0.05) is 23.7 Å². The van der Waals surface area contributed by atoms with Crippen LogP contribution in [0.5, 0.6) is 0 Å². The molecule has 1 aliphatic rings. The summed E-state index contributed by atoms with van der Waals surface area (Å²) in [6.07, 6.45) is 4.56. The van der Waals surface area contributed by atoms with Gasteiger partial charge in [0.05, 0.1) is 16.6 Å². The van der Waals surface area contributed by atoms with Gasteiger partial charge in [0.25, 0.3) is 5.91 Å². The van der Waals surface area contributed by atoms with E-state index >= 15 is 0 Å². The van der Waals surface area contributed by atoms with E-state index in [4.69, 9.17) is 4.98 Å². The molecule has 1 fully saturated rings. The van der Waals surface area contributed by atoms with Crippen molar-refractivity contribution in [2.45, 2.75) is 45.6 Å². The summed E-state index contributed by atoms with van der Waals surface area (Å²) in [7, 11) is 0. The number of amides is 1. The number of nitrogens with zero attached hydrogens (tertiary/aromatic N) is 2. The molecule has 1 aromatic heterocycles. The zero-order valence-corrected chi connectivity index (χ0v) is 17.4. The predicted octanol–water partition coefficient (Wildman–Crippen LogP) is 4.90. The molecule has 1 aliphatic carbocycles. The summed E-state index contributed by atoms with van der Waals surface area (Å²) in [4.78, 5) is 28.5. The second-order valence-electron chi connectivity index (χ2n) is 8.43. The van der Waals surface area contributed by atoms with E-state index in [1.165, 1.54) is 12.8 Å². The van der Waals surface area contributed by atoms with Crippen LogP contribution in [0.4, 0.5) is 0 Å². The Balaban J connectivity index is 1.72. The Morgan fingerprint density at radius 3 is 2.40 bits per heavy atom. The van der Waals surface area contributed by atoms with Gasteiger partial charge in [0.1, 0.15) is 5.82 Å². The summed E-state index contributed by atoms with van der Waals surface area (Å²) in [5, 5.41) is 12.3. The van der Waals surface area contributed by atoms with Gasteiger partial charge in [-0.1, -0.05) is 38.8 Å². The Morgan fingerprint density at radius 1 is 1.10 bits per heavy atom. The highest BCUT2D eigenvalue weighted by Crippen LogP contribution is 2.37. The van der Waals surface area contributed by atoms with Crippen LogP contribution in [0.15, 0.2) is 42.5 Å². The molecule has 0 radical (unpaired) electrons. The molecule has 2 N–H and O–H groups in total. The van der Waals surface area contributed by atoms with E-state index in [0.717, 1.165) is 29.7 Å². The number of nitrogens with one attached hydrogen (secondary N) is 1. The number of benzene rings is 2. The van der Waals surface area contributed by atoms with Gasteiger partial charge in [0.15, 0.2) is 0 Å². The highest BCUT2D eigenvalue weighted by Gasteiger charge is 2.24. The number of imidazole rings is 1. The Bertz CT molecular complexity index is 1080. The van der Waals surface area contributed by atoms with Gasteiger partial charge >= 0.3 is 5.97 Å². The zero-order valence-electron chi connectivity index (χ0n) is 17.4. The summed E-state index contributed by atoms with van der Waals surface area (Å²) < 4.78 is 2.25. The summed E-state index contributed by atoms with van der Waals surface area (Å²) >= 11 is 0. The zero-order chi connectivity index (χ0) is 21.3. The Kier molecular flexibility index (Phi) is 5.57. The lowest BCUT2D eigenvalue weighted by Crippen LogP contribution is -2.27. The largest absolute Gasteiger partial charge is 0.478 e. The van der Waals surface area contributed by atoms with Crippen molar-refractivity contribution in [2.75, 3.05) is 6.54 Å². The van der Waals surface area contributed by atoms with Crippen LogP contribution in [-0.4, -0.2) is 33.1 Å². The van der Waals surface area contributed by atoms with Crippen molar-refractivity contribution in [3.8, 4) is 11.4 Å². The predicted molar refractivity (Wildman–Crippen MR) is 117 cm³/mol. The first-order valence-electron chi connectivity index (χ1n) is 10.6. The summed E-state index contributed by atoms with van der Waals surface area (Å²) in [6.45, 7) is 4.77. The number of carbonyl (C=O) groups excluding carboxylic acids is 1. The number of hydrogen-bond donors (Lipinski definition) is 2. The van der Waals surface area contributed by atoms with Gasteiger partial charge in [-0.15, -0.1) is 0 Å². The molecule has 3 aromatic rings. The molecular weight excluding hydrogens is 378 g/mol. The summed E-state index contributed by atoms with van der Waals surface area (Å²) in [5.41, 5.74) is 3.44. The first-order chi connectivity index (χ1) is 14.4. The summed E-state index contributed by atoms with van der Waals surface area (Å²) in [6, 6.07) is 13.0. The molecular formula is C24H27N3O3. The smallest absolute Gasteiger partial charge is 0.335 e. The van der Waals surface area contributed by atoms with E-state index in [-0.39, 0.29) is 11.5 Å². The minimum absolute atomic E-state index is 0.0781. The van der Waals surface area contributed by atoms with Gasteiger partial charge in [-0.25, -0.2) is 9.78 Å². The molecule has 1 saturated carbocycles. The highest BCUT2D eigenvalue weighted by atomic mass is 16.4. The fourth-order valence-corrected chi connectivity index (χ4v) is 4.14. The van der Waals surface area contributed by atoms with Crippen LogP contribution in [0.1, 0.15) is 66.3 Å². The second-order valence-corrected chi connectivity index (χ2v) is 8.43. The SMILES string of the molecule is CC(C)CNC(=O)c1ccc(-c2nc3cc(C(=O)O)ccc3n2C2CCCC2)cc1. The monoisotopic (exact) mass is 405 g/mol. The number of fused-ring (bicyclic) bond motifs is 1. The maximum atomic E-state index is 12.3. The fraction of sp³-hybridized carbons (Fsp3) is 0.375. The van der Waals surface area contributed by atoms with Crippen molar-refractivity contribution in [1.82, 2.24) is 14.9 Å².